The normalized spacial score (nSPS) is 11.9. The van der Waals surface area contributed by atoms with E-state index in [4.69, 9.17) is 21.1 Å². The molecule has 0 radical (unpaired) electrons. The van der Waals surface area contributed by atoms with Gasteiger partial charge in [0.2, 0.25) is 0 Å². The summed E-state index contributed by atoms with van der Waals surface area (Å²) < 4.78 is 0. The standard InChI is InChI=1S/C14H16N2O5S/c15-11-3-1-2-4-13(11)22-12-6-5-10(17)7-9(12)8-16(21)14(18,19)20/h1-7,17-21H,8,15H2. The molecular formula is C14H16N2O5S. The van der Waals surface area contributed by atoms with Gasteiger partial charge in [0, 0.05) is 15.5 Å². The Labute approximate surface area is 130 Å². The maximum Gasteiger partial charge on any atom is 0.368 e. The second-order valence-corrected chi connectivity index (χ2v) is 5.67. The maximum atomic E-state index is 9.55. The van der Waals surface area contributed by atoms with Gasteiger partial charge in [-0.05, 0) is 35.9 Å². The number of phenols is 1. The Morgan fingerprint density at radius 1 is 1.05 bits per heavy atom. The fourth-order valence-electron chi connectivity index (χ4n) is 1.75. The molecule has 0 aliphatic heterocycles. The number of hydroxylamine groups is 2. The van der Waals surface area contributed by atoms with Crippen LogP contribution in [0.5, 0.6) is 5.75 Å². The zero-order valence-corrected chi connectivity index (χ0v) is 12.2. The Bertz CT molecular complexity index is 660. The van der Waals surface area contributed by atoms with Gasteiger partial charge in [-0.25, -0.2) is 0 Å². The van der Waals surface area contributed by atoms with Gasteiger partial charge in [-0.3, -0.25) is 0 Å². The molecule has 2 aromatic carbocycles. The van der Waals surface area contributed by atoms with E-state index >= 15 is 0 Å². The first-order valence-electron chi connectivity index (χ1n) is 6.25. The van der Waals surface area contributed by atoms with E-state index in [0.717, 1.165) is 4.90 Å². The smallest absolute Gasteiger partial charge is 0.368 e. The highest BCUT2D eigenvalue weighted by Gasteiger charge is 2.28. The fourth-order valence-corrected chi connectivity index (χ4v) is 2.71. The van der Waals surface area contributed by atoms with Gasteiger partial charge in [0.15, 0.2) is 0 Å². The molecule has 0 amide bonds. The first kappa shape index (κ1) is 16.6. The number of aliphatic hydroxyl groups is 3. The maximum absolute atomic E-state index is 9.55. The summed E-state index contributed by atoms with van der Waals surface area (Å²) in [7, 11) is 0. The molecule has 0 heterocycles. The highest BCUT2D eigenvalue weighted by atomic mass is 32.2. The summed E-state index contributed by atoms with van der Waals surface area (Å²) in [5, 5.41) is 45.7. The van der Waals surface area contributed by atoms with Crippen molar-refractivity contribution >= 4 is 17.4 Å². The van der Waals surface area contributed by atoms with Crippen LogP contribution >= 0.6 is 11.8 Å². The van der Waals surface area contributed by atoms with Crippen molar-refractivity contribution in [1.29, 1.82) is 0 Å². The second kappa shape index (κ2) is 6.53. The predicted octanol–water partition coefficient (Wildman–Crippen LogP) is 0.905. The lowest BCUT2D eigenvalue weighted by Crippen LogP contribution is -2.46. The van der Waals surface area contributed by atoms with Crippen LogP contribution in [0.15, 0.2) is 52.3 Å². The van der Waals surface area contributed by atoms with Gasteiger partial charge in [0.25, 0.3) is 0 Å². The van der Waals surface area contributed by atoms with E-state index in [0.29, 0.717) is 16.1 Å². The number of hydrogen-bond donors (Lipinski definition) is 6. The molecule has 0 aromatic heterocycles. The average molecular weight is 324 g/mol. The number of phenolic OH excluding ortho intramolecular Hbond substituents is 1. The first-order valence-corrected chi connectivity index (χ1v) is 7.07. The van der Waals surface area contributed by atoms with Crippen molar-refractivity contribution in [2.24, 2.45) is 0 Å². The number of nitrogens with two attached hydrogens (primary N) is 1. The van der Waals surface area contributed by atoms with Crippen LogP contribution in [0.25, 0.3) is 0 Å². The van der Waals surface area contributed by atoms with E-state index in [-0.39, 0.29) is 10.8 Å². The van der Waals surface area contributed by atoms with Gasteiger partial charge in [-0.1, -0.05) is 23.9 Å². The topological polar surface area (TPSA) is 130 Å². The van der Waals surface area contributed by atoms with Crippen molar-refractivity contribution in [2.45, 2.75) is 22.4 Å². The van der Waals surface area contributed by atoms with E-state index in [1.807, 2.05) is 12.1 Å². The average Bonchev–Trinajstić information content (AvgIpc) is 2.43. The Kier molecular flexibility index (Phi) is 4.91. The summed E-state index contributed by atoms with van der Waals surface area (Å²) in [4.78, 5) is 1.39. The summed E-state index contributed by atoms with van der Waals surface area (Å²) in [6, 6.07) is 11.6. The number of benzene rings is 2. The van der Waals surface area contributed by atoms with Crippen LogP contribution in [0.2, 0.25) is 0 Å². The Morgan fingerprint density at radius 3 is 2.36 bits per heavy atom. The zero-order valence-electron chi connectivity index (χ0n) is 11.4. The molecule has 0 bridgehead atoms. The molecule has 0 aliphatic rings. The summed E-state index contributed by atoms with van der Waals surface area (Å²) in [6.45, 7) is -0.424. The van der Waals surface area contributed by atoms with Crippen LogP contribution in [-0.4, -0.2) is 36.8 Å². The third-order valence-electron chi connectivity index (χ3n) is 2.85. The lowest BCUT2D eigenvalue weighted by atomic mass is 10.2. The van der Waals surface area contributed by atoms with E-state index in [1.165, 1.54) is 23.9 Å². The molecule has 0 saturated heterocycles. The third kappa shape index (κ3) is 4.10. The molecule has 2 rings (SSSR count). The van der Waals surface area contributed by atoms with Gasteiger partial charge >= 0.3 is 6.10 Å². The summed E-state index contributed by atoms with van der Waals surface area (Å²) in [5.74, 6) is -0.0618. The van der Waals surface area contributed by atoms with E-state index in [1.54, 1.807) is 18.2 Å². The van der Waals surface area contributed by atoms with Gasteiger partial charge < -0.3 is 31.4 Å². The fraction of sp³-hybridized carbons (Fsp3) is 0.143. The van der Waals surface area contributed by atoms with E-state index < -0.39 is 12.6 Å². The minimum atomic E-state index is -3.38. The molecule has 7 nitrogen and oxygen atoms in total. The first-order chi connectivity index (χ1) is 10.3. The highest BCUT2D eigenvalue weighted by Crippen LogP contribution is 2.36. The molecule has 0 saturated carbocycles. The van der Waals surface area contributed by atoms with Crippen molar-refractivity contribution in [3.05, 3.63) is 48.0 Å². The monoisotopic (exact) mass is 324 g/mol. The minimum absolute atomic E-state index is 0.0618. The zero-order chi connectivity index (χ0) is 16.3. The van der Waals surface area contributed by atoms with Crippen molar-refractivity contribution < 1.29 is 25.6 Å². The Hall–Kier alpha value is -1.81. The third-order valence-corrected chi connectivity index (χ3v) is 4.06. The molecule has 0 unspecified atom stereocenters. The molecule has 7 N–H and O–H groups in total. The molecule has 2 aromatic rings. The SMILES string of the molecule is Nc1ccccc1Sc1ccc(O)cc1CN(O)C(O)(O)O. The van der Waals surface area contributed by atoms with Crippen molar-refractivity contribution in [3.63, 3.8) is 0 Å². The van der Waals surface area contributed by atoms with Crippen LogP contribution < -0.4 is 5.73 Å². The van der Waals surface area contributed by atoms with Crippen LogP contribution in [0.3, 0.4) is 0 Å². The molecule has 8 heteroatoms. The van der Waals surface area contributed by atoms with Crippen molar-refractivity contribution in [1.82, 2.24) is 5.06 Å². The molecular weight excluding hydrogens is 308 g/mol. The summed E-state index contributed by atoms with van der Waals surface area (Å²) in [5.41, 5.74) is 6.80. The second-order valence-electron chi connectivity index (χ2n) is 4.59. The van der Waals surface area contributed by atoms with E-state index in [9.17, 15) is 10.3 Å². The van der Waals surface area contributed by atoms with Gasteiger partial charge in [-0.2, -0.15) is 0 Å². The number of aromatic hydroxyl groups is 1. The lowest BCUT2D eigenvalue weighted by molar-refractivity contribution is -0.463. The molecule has 118 valence electrons. The minimum Gasteiger partial charge on any atom is -0.508 e. The Morgan fingerprint density at radius 2 is 1.73 bits per heavy atom. The molecule has 0 fully saturated rings. The predicted molar refractivity (Wildman–Crippen MR) is 79.8 cm³/mol. The van der Waals surface area contributed by atoms with Gasteiger partial charge in [-0.15, -0.1) is 5.06 Å². The quantitative estimate of drug-likeness (QED) is 0.272. The van der Waals surface area contributed by atoms with Crippen LogP contribution in [-0.2, 0) is 6.54 Å². The van der Waals surface area contributed by atoms with Crippen LogP contribution in [0.1, 0.15) is 5.56 Å². The Balaban J connectivity index is 2.30. The number of nitrogens with zero attached hydrogens (tertiary/aromatic N) is 1. The van der Waals surface area contributed by atoms with Gasteiger partial charge in [0.05, 0.1) is 6.54 Å². The molecule has 22 heavy (non-hydrogen) atoms. The summed E-state index contributed by atoms with van der Waals surface area (Å²) >= 11 is 1.28. The number of rotatable bonds is 5. The van der Waals surface area contributed by atoms with Gasteiger partial charge in [0.1, 0.15) is 5.75 Å². The number of hydrogen-bond acceptors (Lipinski definition) is 8. The number of para-hydroxylation sites is 1. The van der Waals surface area contributed by atoms with Crippen molar-refractivity contribution in [3.8, 4) is 5.75 Å². The lowest BCUT2D eigenvalue weighted by Gasteiger charge is -2.24. The van der Waals surface area contributed by atoms with E-state index in [2.05, 4.69) is 0 Å². The highest BCUT2D eigenvalue weighted by molar-refractivity contribution is 7.99. The number of anilines is 1. The molecule has 0 aliphatic carbocycles. The summed E-state index contributed by atoms with van der Waals surface area (Å²) in [6.07, 6.45) is -3.38. The molecule has 0 atom stereocenters. The van der Waals surface area contributed by atoms with Crippen molar-refractivity contribution in [2.75, 3.05) is 5.73 Å². The number of nitrogen functional groups attached to an aromatic ring is 1. The molecule has 0 spiro atoms. The van der Waals surface area contributed by atoms with Crippen LogP contribution in [0, 0.1) is 0 Å². The largest absolute Gasteiger partial charge is 0.508 e. The van der Waals surface area contributed by atoms with Crippen LogP contribution in [0.4, 0.5) is 5.69 Å².